The maximum Gasteiger partial charge on any atom is 0.287 e. The summed E-state index contributed by atoms with van der Waals surface area (Å²) < 4.78 is 28.3. The third-order valence-electron chi connectivity index (χ3n) is 4.31. The van der Waals surface area contributed by atoms with Crippen LogP contribution in [0.3, 0.4) is 0 Å². The van der Waals surface area contributed by atoms with E-state index in [1.807, 2.05) is 31.2 Å². The van der Waals surface area contributed by atoms with E-state index < -0.39 is 15.9 Å². The molecule has 1 aromatic heterocycles. The number of rotatable bonds is 5. The minimum Gasteiger partial charge on any atom is -0.455 e. The van der Waals surface area contributed by atoms with Gasteiger partial charge in [0.25, 0.3) is 5.91 Å². The van der Waals surface area contributed by atoms with Crippen molar-refractivity contribution in [1.82, 2.24) is 5.32 Å². The number of sulfonamides is 1. The smallest absolute Gasteiger partial charge is 0.287 e. The number of nitrogens with two attached hydrogens (primary N) is 1. The monoisotopic (exact) mass is 348 g/mol. The Hall–Kier alpha value is -2.12. The molecule has 6 nitrogen and oxygen atoms in total. The van der Waals surface area contributed by atoms with E-state index >= 15 is 0 Å². The minimum absolute atomic E-state index is 0.0456. The van der Waals surface area contributed by atoms with E-state index in [0.29, 0.717) is 5.92 Å². The predicted octanol–water partition coefficient (Wildman–Crippen LogP) is 2.42. The highest BCUT2D eigenvalue weighted by atomic mass is 32.2. The third kappa shape index (κ3) is 3.37. The summed E-state index contributed by atoms with van der Waals surface area (Å²) in [5, 5.41) is 8.10. The van der Waals surface area contributed by atoms with Gasteiger partial charge in [-0.3, -0.25) is 4.79 Å². The van der Waals surface area contributed by atoms with Gasteiger partial charge in [-0.1, -0.05) is 24.3 Å². The summed E-state index contributed by atoms with van der Waals surface area (Å²) in [4.78, 5) is 12.4. The number of furan rings is 1. The summed E-state index contributed by atoms with van der Waals surface area (Å²) in [6.45, 7) is 3.48. The van der Waals surface area contributed by atoms with Gasteiger partial charge in [-0.05, 0) is 43.7 Å². The highest BCUT2D eigenvalue weighted by Gasteiger charge is 2.35. The van der Waals surface area contributed by atoms with Crippen molar-refractivity contribution in [3.63, 3.8) is 0 Å². The van der Waals surface area contributed by atoms with E-state index in [2.05, 4.69) is 5.32 Å². The fourth-order valence-corrected chi connectivity index (χ4v) is 3.60. The van der Waals surface area contributed by atoms with Crippen LogP contribution in [-0.2, 0) is 10.0 Å². The zero-order chi connectivity index (χ0) is 17.5. The first-order valence-corrected chi connectivity index (χ1v) is 9.31. The van der Waals surface area contributed by atoms with Crippen LogP contribution in [0.2, 0.25) is 0 Å². The summed E-state index contributed by atoms with van der Waals surface area (Å²) in [5.74, 6) is 0.0225. The molecule has 3 N–H and O–H groups in total. The Bertz CT molecular complexity index is 882. The Morgan fingerprint density at radius 3 is 2.50 bits per heavy atom. The van der Waals surface area contributed by atoms with Gasteiger partial charge in [0.05, 0.1) is 6.04 Å². The second kappa shape index (κ2) is 6.07. The number of primary sulfonamides is 1. The minimum atomic E-state index is -3.91. The number of aryl methyl sites for hydroxylation is 2. The average molecular weight is 348 g/mol. The van der Waals surface area contributed by atoms with Gasteiger partial charge in [-0.15, -0.1) is 0 Å². The fourth-order valence-electron chi connectivity index (χ4n) is 2.89. The Labute approximate surface area is 141 Å². The van der Waals surface area contributed by atoms with Gasteiger partial charge in [-0.25, -0.2) is 13.6 Å². The summed E-state index contributed by atoms with van der Waals surface area (Å²) in [6, 6.07) is 8.98. The number of hydrogen-bond acceptors (Lipinski definition) is 4. The van der Waals surface area contributed by atoms with Crippen LogP contribution in [0.1, 0.15) is 46.3 Å². The van der Waals surface area contributed by atoms with Gasteiger partial charge in [0.15, 0.2) is 5.76 Å². The van der Waals surface area contributed by atoms with Crippen LogP contribution in [0.5, 0.6) is 0 Å². The Kier molecular flexibility index (Phi) is 4.23. The van der Waals surface area contributed by atoms with E-state index in [-0.39, 0.29) is 22.5 Å². The van der Waals surface area contributed by atoms with Gasteiger partial charge in [-0.2, -0.15) is 0 Å². The van der Waals surface area contributed by atoms with E-state index in [1.165, 1.54) is 13.0 Å². The molecule has 1 aromatic carbocycles. The molecule has 1 aliphatic carbocycles. The second-order valence-electron chi connectivity index (χ2n) is 6.22. The number of amides is 1. The molecule has 1 heterocycles. The van der Waals surface area contributed by atoms with E-state index in [4.69, 9.17) is 9.56 Å². The first kappa shape index (κ1) is 16.7. The first-order valence-electron chi connectivity index (χ1n) is 7.77. The van der Waals surface area contributed by atoms with E-state index in [0.717, 1.165) is 24.0 Å². The molecule has 7 heteroatoms. The van der Waals surface area contributed by atoms with Crippen LogP contribution in [0, 0.1) is 19.8 Å². The zero-order valence-corrected chi connectivity index (χ0v) is 14.4. The highest BCUT2D eigenvalue weighted by molar-refractivity contribution is 7.89. The Morgan fingerprint density at radius 2 is 1.96 bits per heavy atom. The molecule has 128 valence electrons. The van der Waals surface area contributed by atoms with Crippen LogP contribution < -0.4 is 10.5 Å². The molecule has 1 saturated carbocycles. The molecule has 0 aliphatic heterocycles. The standard InChI is InChI=1S/C17H20N2O4S/c1-10-5-3-4-6-13(10)16(12-7-8-12)19-17(20)14-9-15(11(2)23-14)24(18,21)22/h3-6,9,12,16H,7-8H2,1-2H3,(H,19,20)(H2,18,21,22). The van der Waals surface area contributed by atoms with Gasteiger partial charge < -0.3 is 9.73 Å². The molecule has 1 fully saturated rings. The van der Waals surface area contributed by atoms with Gasteiger partial charge in [0, 0.05) is 6.07 Å². The van der Waals surface area contributed by atoms with Gasteiger partial charge in [0.1, 0.15) is 10.7 Å². The molecule has 1 unspecified atom stereocenters. The van der Waals surface area contributed by atoms with Crippen molar-refractivity contribution in [1.29, 1.82) is 0 Å². The quantitative estimate of drug-likeness (QED) is 0.866. The molecule has 1 amide bonds. The summed E-state index contributed by atoms with van der Waals surface area (Å²) in [6.07, 6.45) is 2.11. The topological polar surface area (TPSA) is 102 Å². The first-order chi connectivity index (χ1) is 11.3. The van der Waals surface area contributed by atoms with E-state index in [1.54, 1.807) is 0 Å². The van der Waals surface area contributed by atoms with Crippen molar-refractivity contribution >= 4 is 15.9 Å². The Morgan fingerprint density at radius 1 is 1.29 bits per heavy atom. The number of carbonyl (C=O) groups is 1. The normalized spacial score (nSPS) is 16.0. The lowest BCUT2D eigenvalue weighted by Gasteiger charge is -2.20. The van der Waals surface area contributed by atoms with Gasteiger partial charge >= 0.3 is 0 Å². The average Bonchev–Trinajstić information content (AvgIpc) is 3.26. The van der Waals surface area contributed by atoms with Crippen molar-refractivity contribution in [2.45, 2.75) is 37.6 Å². The van der Waals surface area contributed by atoms with Crippen molar-refractivity contribution in [3.05, 3.63) is 53.0 Å². The number of carbonyl (C=O) groups excluding carboxylic acids is 1. The molecule has 3 rings (SSSR count). The van der Waals surface area contributed by atoms with Crippen LogP contribution >= 0.6 is 0 Å². The number of hydrogen-bond donors (Lipinski definition) is 2. The van der Waals surface area contributed by atoms with Crippen molar-refractivity contribution < 1.29 is 17.6 Å². The molecule has 1 atom stereocenters. The van der Waals surface area contributed by atoms with Crippen molar-refractivity contribution in [2.24, 2.45) is 11.1 Å². The highest BCUT2D eigenvalue weighted by Crippen LogP contribution is 2.42. The molecule has 0 radical (unpaired) electrons. The lowest BCUT2D eigenvalue weighted by molar-refractivity contribution is 0.0902. The molecule has 2 aromatic rings. The van der Waals surface area contributed by atoms with Crippen molar-refractivity contribution in [2.75, 3.05) is 0 Å². The van der Waals surface area contributed by atoms with E-state index in [9.17, 15) is 13.2 Å². The molecule has 0 spiro atoms. The number of benzene rings is 1. The second-order valence-corrected chi connectivity index (χ2v) is 7.75. The van der Waals surface area contributed by atoms with Crippen LogP contribution in [-0.4, -0.2) is 14.3 Å². The van der Waals surface area contributed by atoms with Crippen LogP contribution in [0.25, 0.3) is 0 Å². The summed E-state index contributed by atoms with van der Waals surface area (Å²) >= 11 is 0. The largest absolute Gasteiger partial charge is 0.455 e. The maximum atomic E-state index is 12.5. The molecule has 1 aliphatic rings. The Balaban J connectivity index is 1.86. The lowest BCUT2D eigenvalue weighted by Crippen LogP contribution is -2.30. The lowest BCUT2D eigenvalue weighted by atomic mass is 9.97. The van der Waals surface area contributed by atoms with Crippen LogP contribution in [0.15, 0.2) is 39.6 Å². The summed E-state index contributed by atoms with van der Waals surface area (Å²) in [5.41, 5.74) is 2.18. The molecule has 24 heavy (non-hydrogen) atoms. The summed E-state index contributed by atoms with van der Waals surface area (Å²) in [7, 11) is -3.91. The van der Waals surface area contributed by atoms with Crippen LogP contribution in [0.4, 0.5) is 0 Å². The van der Waals surface area contributed by atoms with Gasteiger partial charge in [0.2, 0.25) is 10.0 Å². The maximum absolute atomic E-state index is 12.5. The SMILES string of the molecule is Cc1ccccc1C(NC(=O)c1cc(S(N)(=O)=O)c(C)o1)C1CC1. The third-order valence-corrected chi connectivity index (χ3v) is 5.32. The molecule has 0 bridgehead atoms. The molecular weight excluding hydrogens is 328 g/mol. The zero-order valence-electron chi connectivity index (χ0n) is 13.6. The predicted molar refractivity (Wildman–Crippen MR) is 88.9 cm³/mol. The number of nitrogens with one attached hydrogen (secondary N) is 1. The van der Waals surface area contributed by atoms with Crippen molar-refractivity contribution in [3.8, 4) is 0 Å². The fraction of sp³-hybridized carbons (Fsp3) is 0.353. The molecular formula is C17H20N2O4S. The molecule has 0 saturated heterocycles.